The Kier molecular flexibility index (Phi) is 4.91. The van der Waals surface area contributed by atoms with E-state index >= 15 is 0 Å². The molecule has 1 fully saturated rings. The number of carbonyl (C=O) groups excluding carboxylic acids is 1. The molecule has 4 aromatic rings. The van der Waals surface area contributed by atoms with Crippen molar-refractivity contribution in [2.45, 2.75) is 12.5 Å². The first-order valence-corrected chi connectivity index (χ1v) is 10.5. The second kappa shape index (κ2) is 7.88. The van der Waals surface area contributed by atoms with Crippen molar-refractivity contribution in [3.8, 4) is 5.88 Å². The first kappa shape index (κ1) is 19.3. The summed E-state index contributed by atoms with van der Waals surface area (Å²) in [6, 6.07) is 6.87. The Labute approximate surface area is 180 Å². The number of amides is 1. The van der Waals surface area contributed by atoms with Crippen LogP contribution in [-0.2, 0) is 4.79 Å². The van der Waals surface area contributed by atoms with Crippen LogP contribution in [0.5, 0.6) is 5.88 Å². The van der Waals surface area contributed by atoms with E-state index in [1.165, 1.54) is 23.7 Å². The van der Waals surface area contributed by atoms with Gasteiger partial charge in [-0.05, 0) is 24.3 Å². The van der Waals surface area contributed by atoms with Gasteiger partial charge in [-0.15, -0.1) is 11.3 Å². The van der Waals surface area contributed by atoms with Crippen LogP contribution in [0.1, 0.15) is 6.42 Å². The Hall–Kier alpha value is -3.66. The highest BCUT2D eigenvalue weighted by atomic mass is 32.1. The molecule has 0 aliphatic carbocycles. The van der Waals surface area contributed by atoms with Gasteiger partial charge < -0.3 is 15.0 Å². The Bertz CT molecular complexity index is 1310. The van der Waals surface area contributed by atoms with E-state index in [4.69, 9.17) is 4.74 Å². The topological polar surface area (TPSA) is 93.1 Å². The molecule has 5 rings (SSSR count). The van der Waals surface area contributed by atoms with Gasteiger partial charge in [0.15, 0.2) is 11.6 Å². The number of anilines is 2. The van der Waals surface area contributed by atoms with Gasteiger partial charge in [-0.3, -0.25) is 4.79 Å². The SMILES string of the molecule is C=CC(=O)N1CC[C@H](Oc2ccc3ncnc(Nc4ccc5ncsc5c4F)c3n2)C1. The minimum Gasteiger partial charge on any atom is -0.472 e. The lowest BCUT2D eigenvalue weighted by Gasteiger charge is -2.15. The zero-order valence-electron chi connectivity index (χ0n) is 16.3. The van der Waals surface area contributed by atoms with Crippen LogP contribution in [0.3, 0.4) is 0 Å². The van der Waals surface area contributed by atoms with Gasteiger partial charge >= 0.3 is 0 Å². The molecule has 1 atom stereocenters. The van der Waals surface area contributed by atoms with Crippen molar-refractivity contribution in [1.82, 2.24) is 24.8 Å². The van der Waals surface area contributed by atoms with Crippen molar-refractivity contribution in [3.63, 3.8) is 0 Å². The van der Waals surface area contributed by atoms with Crippen LogP contribution < -0.4 is 10.1 Å². The Morgan fingerprint density at radius 2 is 2.13 bits per heavy atom. The largest absolute Gasteiger partial charge is 0.472 e. The van der Waals surface area contributed by atoms with E-state index in [0.29, 0.717) is 52.5 Å². The monoisotopic (exact) mass is 436 g/mol. The zero-order valence-corrected chi connectivity index (χ0v) is 17.1. The molecular weight excluding hydrogens is 419 g/mol. The number of pyridine rings is 1. The standard InChI is InChI=1S/C21H17FN6O2S/c1-2-17(29)28-8-7-12(9-28)30-16-6-5-14-19(27-16)21(24-10-23-14)26-13-3-4-15-20(18(13)22)31-11-25-15/h2-6,10-12H,1,7-9H2,(H,23,24,26)/t12-/m0/s1. The molecule has 1 N–H and O–H groups in total. The number of rotatable bonds is 5. The van der Waals surface area contributed by atoms with Crippen LogP contribution in [0.2, 0.25) is 0 Å². The number of fused-ring (bicyclic) bond motifs is 2. The van der Waals surface area contributed by atoms with E-state index in [-0.39, 0.29) is 17.7 Å². The van der Waals surface area contributed by atoms with Crippen molar-refractivity contribution in [2.24, 2.45) is 0 Å². The van der Waals surface area contributed by atoms with Gasteiger partial charge in [-0.25, -0.2) is 24.3 Å². The molecule has 1 aliphatic heterocycles. The highest BCUT2D eigenvalue weighted by molar-refractivity contribution is 7.16. The molecule has 0 saturated carbocycles. The number of halogens is 1. The summed E-state index contributed by atoms with van der Waals surface area (Å²) in [6.07, 6.45) is 3.23. The van der Waals surface area contributed by atoms with Gasteiger partial charge in [0, 0.05) is 19.0 Å². The third-order valence-electron chi connectivity index (χ3n) is 5.07. The maximum atomic E-state index is 14.8. The molecule has 1 aliphatic rings. The number of ether oxygens (including phenoxy) is 1. The summed E-state index contributed by atoms with van der Waals surface area (Å²) in [6.45, 7) is 4.60. The smallest absolute Gasteiger partial charge is 0.246 e. The Balaban J connectivity index is 1.42. The molecule has 4 heterocycles. The molecule has 1 aromatic carbocycles. The van der Waals surface area contributed by atoms with Gasteiger partial charge in [0.1, 0.15) is 17.9 Å². The molecule has 10 heteroatoms. The molecule has 0 bridgehead atoms. The van der Waals surface area contributed by atoms with Crippen LogP contribution in [0.25, 0.3) is 21.3 Å². The number of hydrogen-bond donors (Lipinski definition) is 1. The molecule has 0 spiro atoms. The molecule has 3 aromatic heterocycles. The molecule has 31 heavy (non-hydrogen) atoms. The third-order valence-corrected chi connectivity index (χ3v) is 5.90. The highest BCUT2D eigenvalue weighted by Crippen LogP contribution is 2.30. The molecule has 0 unspecified atom stereocenters. The predicted octanol–water partition coefficient (Wildman–Crippen LogP) is 3.68. The van der Waals surface area contributed by atoms with Crippen LogP contribution in [-0.4, -0.2) is 49.9 Å². The lowest BCUT2D eigenvalue weighted by molar-refractivity contribution is -0.125. The Morgan fingerprint density at radius 1 is 1.26 bits per heavy atom. The lowest BCUT2D eigenvalue weighted by Crippen LogP contribution is -2.29. The number of likely N-dealkylation sites (tertiary alicyclic amines) is 1. The first-order valence-electron chi connectivity index (χ1n) is 9.61. The van der Waals surface area contributed by atoms with Gasteiger partial charge in [-0.2, -0.15) is 0 Å². The van der Waals surface area contributed by atoms with Crippen molar-refractivity contribution in [2.75, 3.05) is 18.4 Å². The summed E-state index contributed by atoms with van der Waals surface area (Å²) in [5, 5.41) is 3.02. The Morgan fingerprint density at radius 3 is 3.00 bits per heavy atom. The number of nitrogens with zero attached hydrogens (tertiary/aromatic N) is 5. The van der Waals surface area contributed by atoms with E-state index in [0.717, 1.165) is 0 Å². The van der Waals surface area contributed by atoms with Crippen LogP contribution in [0.4, 0.5) is 15.9 Å². The number of aromatic nitrogens is 4. The third kappa shape index (κ3) is 3.66. The number of carbonyl (C=O) groups is 1. The van der Waals surface area contributed by atoms with E-state index < -0.39 is 5.82 Å². The van der Waals surface area contributed by atoms with Gasteiger partial charge in [0.05, 0.1) is 33.5 Å². The maximum absolute atomic E-state index is 14.8. The normalized spacial score (nSPS) is 16.0. The van der Waals surface area contributed by atoms with E-state index in [2.05, 4.69) is 31.8 Å². The fraction of sp³-hybridized carbons (Fsp3) is 0.190. The lowest BCUT2D eigenvalue weighted by atomic mass is 10.2. The molecule has 1 saturated heterocycles. The summed E-state index contributed by atoms with van der Waals surface area (Å²) < 4.78 is 21.3. The van der Waals surface area contributed by atoms with Crippen LogP contribution >= 0.6 is 11.3 Å². The van der Waals surface area contributed by atoms with E-state index in [9.17, 15) is 9.18 Å². The fourth-order valence-electron chi connectivity index (χ4n) is 3.52. The summed E-state index contributed by atoms with van der Waals surface area (Å²) in [7, 11) is 0. The summed E-state index contributed by atoms with van der Waals surface area (Å²) in [5.41, 5.74) is 3.55. The second-order valence-electron chi connectivity index (χ2n) is 7.01. The average Bonchev–Trinajstić information content (AvgIpc) is 3.45. The van der Waals surface area contributed by atoms with Crippen molar-refractivity contribution in [1.29, 1.82) is 0 Å². The summed E-state index contributed by atoms with van der Waals surface area (Å²) in [4.78, 5) is 30.6. The average molecular weight is 436 g/mol. The number of thiazole rings is 1. The molecule has 156 valence electrons. The van der Waals surface area contributed by atoms with Crippen molar-refractivity contribution in [3.05, 3.63) is 54.6 Å². The summed E-state index contributed by atoms with van der Waals surface area (Å²) in [5.74, 6) is 0.254. The van der Waals surface area contributed by atoms with Gasteiger partial charge in [-0.1, -0.05) is 6.58 Å². The first-order chi connectivity index (χ1) is 15.1. The van der Waals surface area contributed by atoms with Crippen LogP contribution in [0, 0.1) is 5.82 Å². The minimum absolute atomic E-state index is 0.114. The van der Waals surface area contributed by atoms with E-state index in [1.807, 2.05) is 0 Å². The minimum atomic E-state index is -0.392. The predicted molar refractivity (Wildman–Crippen MR) is 116 cm³/mol. The van der Waals surface area contributed by atoms with Crippen molar-refractivity contribution < 1.29 is 13.9 Å². The highest BCUT2D eigenvalue weighted by Gasteiger charge is 2.26. The van der Waals surface area contributed by atoms with Gasteiger partial charge in [0.2, 0.25) is 11.8 Å². The van der Waals surface area contributed by atoms with Gasteiger partial charge in [0.25, 0.3) is 0 Å². The van der Waals surface area contributed by atoms with Crippen molar-refractivity contribution >= 4 is 50.0 Å². The maximum Gasteiger partial charge on any atom is 0.246 e. The summed E-state index contributed by atoms with van der Waals surface area (Å²) >= 11 is 1.24. The fourth-order valence-corrected chi connectivity index (χ4v) is 4.25. The number of hydrogen-bond acceptors (Lipinski definition) is 8. The molecular formula is C21H17FN6O2S. The number of benzene rings is 1. The number of nitrogens with one attached hydrogen (secondary N) is 1. The second-order valence-corrected chi connectivity index (χ2v) is 7.86. The zero-order chi connectivity index (χ0) is 21.4. The van der Waals surface area contributed by atoms with Crippen LogP contribution in [0.15, 0.2) is 48.8 Å². The van der Waals surface area contributed by atoms with E-state index in [1.54, 1.807) is 34.7 Å². The quantitative estimate of drug-likeness (QED) is 0.477. The molecule has 0 radical (unpaired) electrons. The molecule has 8 nitrogen and oxygen atoms in total. The molecule has 1 amide bonds.